The summed E-state index contributed by atoms with van der Waals surface area (Å²) in [6.45, 7) is -0.0949. The lowest BCUT2D eigenvalue weighted by atomic mass is 10.6. The number of hydrogen-bond acceptors (Lipinski definition) is 2. The first-order chi connectivity index (χ1) is 3.80. The third kappa shape index (κ3) is 0.828. The minimum atomic E-state index is -0.937. The van der Waals surface area contributed by atoms with Crippen molar-refractivity contribution in [3.8, 4) is 0 Å². The molecule has 0 saturated carbocycles. The van der Waals surface area contributed by atoms with Gasteiger partial charge in [-0.2, -0.15) is 9.51 Å². The van der Waals surface area contributed by atoms with Gasteiger partial charge >= 0.3 is 0 Å². The number of rotatable bonds is 0. The van der Waals surface area contributed by atoms with Gasteiger partial charge in [0.2, 0.25) is 5.95 Å². The molecule has 0 saturated heterocycles. The van der Waals surface area contributed by atoms with Crippen LogP contribution in [0.3, 0.4) is 0 Å². The van der Waals surface area contributed by atoms with E-state index in [2.05, 4.69) is 4.99 Å². The highest BCUT2D eigenvalue weighted by Gasteiger charge is 2.07. The zero-order chi connectivity index (χ0) is 5.98. The quantitative estimate of drug-likeness (QED) is 0.342. The zero-order valence-corrected chi connectivity index (χ0v) is 4.01. The molecule has 1 rings (SSSR count). The molecule has 1 heterocycles. The van der Waals surface area contributed by atoms with Crippen molar-refractivity contribution in [3.05, 3.63) is 12.2 Å². The molecule has 1 aliphatic heterocycles. The Morgan fingerprint density at radius 3 is 2.88 bits per heavy atom. The maximum atomic E-state index is 11.9. The van der Waals surface area contributed by atoms with E-state index in [-0.39, 0.29) is 11.7 Å². The van der Waals surface area contributed by atoms with Crippen LogP contribution in [0.4, 0.5) is 8.87 Å². The highest BCUT2D eigenvalue weighted by atomic mass is 19.2. The summed E-state index contributed by atoms with van der Waals surface area (Å²) in [6.07, 6.45) is 2.10. The lowest BCUT2D eigenvalue weighted by molar-refractivity contribution is 0.0557. The van der Waals surface area contributed by atoms with Gasteiger partial charge in [0, 0.05) is 6.21 Å². The second-order valence-electron chi connectivity index (χ2n) is 1.33. The van der Waals surface area contributed by atoms with Crippen LogP contribution in [0.15, 0.2) is 17.1 Å². The van der Waals surface area contributed by atoms with Gasteiger partial charge in [-0.15, -0.1) is 0 Å². The largest absolute Gasteiger partial charge is 0.262 e. The van der Waals surface area contributed by atoms with E-state index < -0.39 is 5.95 Å². The lowest BCUT2D eigenvalue weighted by Crippen LogP contribution is -2.15. The van der Waals surface area contributed by atoms with E-state index in [4.69, 9.17) is 0 Å². The number of halogens is 2. The van der Waals surface area contributed by atoms with Gasteiger partial charge in [-0.05, 0) is 0 Å². The van der Waals surface area contributed by atoms with Gasteiger partial charge in [0.25, 0.3) is 0 Å². The van der Waals surface area contributed by atoms with Crippen LogP contribution in [0.1, 0.15) is 0 Å². The Balaban J connectivity index is 2.66. The van der Waals surface area contributed by atoms with E-state index in [9.17, 15) is 8.87 Å². The van der Waals surface area contributed by atoms with E-state index >= 15 is 0 Å². The van der Waals surface area contributed by atoms with Crippen molar-refractivity contribution in [2.24, 2.45) is 4.99 Å². The fourth-order valence-corrected chi connectivity index (χ4v) is 0.383. The molecule has 0 spiro atoms. The molecule has 4 heteroatoms. The SMILES string of the molecule is FC1=CN=CCN1F. The second kappa shape index (κ2) is 1.90. The summed E-state index contributed by atoms with van der Waals surface area (Å²) >= 11 is 0. The zero-order valence-electron chi connectivity index (χ0n) is 4.01. The van der Waals surface area contributed by atoms with Gasteiger partial charge in [0.1, 0.15) is 0 Å². The molecule has 0 atom stereocenters. The van der Waals surface area contributed by atoms with Gasteiger partial charge in [0.15, 0.2) is 0 Å². The molecule has 8 heavy (non-hydrogen) atoms. The van der Waals surface area contributed by atoms with E-state index in [0.29, 0.717) is 0 Å². The van der Waals surface area contributed by atoms with Crippen molar-refractivity contribution in [3.63, 3.8) is 0 Å². The van der Waals surface area contributed by atoms with Crippen LogP contribution in [0.25, 0.3) is 0 Å². The molecule has 0 aliphatic carbocycles. The van der Waals surface area contributed by atoms with Crippen LogP contribution in [-0.4, -0.2) is 17.9 Å². The van der Waals surface area contributed by atoms with Gasteiger partial charge in [0.05, 0.1) is 12.7 Å². The molecule has 2 nitrogen and oxygen atoms in total. The number of nitrogens with zero attached hydrogens (tertiary/aromatic N) is 2. The van der Waals surface area contributed by atoms with Crippen LogP contribution >= 0.6 is 0 Å². The van der Waals surface area contributed by atoms with Gasteiger partial charge in [-0.1, -0.05) is 4.48 Å². The maximum absolute atomic E-state index is 11.9. The highest BCUT2D eigenvalue weighted by molar-refractivity contribution is 5.61. The predicted molar refractivity (Wildman–Crippen MR) is 25.5 cm³/mol. The van der Waals surface area contributed by atoms with Crippen molar-refractivity contribution in [1.82, 2.24) is 5.12 Å². The monoisotopic (exact) mass is 118 g/mol. The molecular formula is C4H4F2N2. The average Bonchev–Trinajstić information content (AvgIpc) is 1.77. The van der Waals surface area contributed by atoms with E-state index in [0.717, 1.165) is 6.20 Å². The normalized spacial score (nSPS) is 18.8. The molecule has 44 valence electrons. The van der Waals surface area contributed by atoms with Crippen LogP contribution in [0, 0.1) is 0 Å². The van der Waals surface area contributed by atoms with Crippen molar-refractivity contribution >= 4 is 6.21 Å². The minimum absolute atomic E-state index is 0.0208. The molecule has 0 bridgehead atoms. The van der Waals surface area contributed by atoms with E-state index in [1.165, 1.54) is 6.21 Å². The predicted octanol–water partition coefficient (Wildman–Crippen LogP) is 1.03. The smallest absolute Gasteiger partial charge is 0.236 e. The Bertz CT molecular complexity index is 141. The Morgan fingerprint density at radius 1 is 1.75 bits per heavy atom. The Labute approximate surface area is 45.1 Å². The summed E-state index contributed by atoms with van der Waals surface area (Å²) in [5.74, 6) is -0.937. The molecule has 0 aromatic rings. The van der Waals surface area contributed by atoms with Crippen LogP contribution < -0.4 is 0 Å². The summed E-state index contributed by atoms with van der Waals surface area (Å²) < 4.78 is 23.8. The van der Waals surface area contributed by atoms with Crippen LogP contribution in [-0.2, 0) is 0 Å². The summed E-state index contributed by atoms with van der Waals surface area (Å²) in [5.41, 5.74) is 0. The molecule has 0 fully saturated rings. The molecule has 0 radical (unpaired) electrons. The molecule has 0 amide bonds. The Hall–Kier alpha value is -0.930. The molecule has 0 aromatic carbocycles. The third-order valence-corrected chi connectivity index (χ3v) is 0.760. The maximum Gasteiger partial charge on any atom is 0.236 e. The average molecular weight is 118 g/mol. The lowest BCUT2D eigenvalue weighted by Gasteiger charge is -2.08. The standard InChI is InChI=1S/C4H4F2N2/c5-4-3-7-1-2-8(4)6/h1,3H,2H2. The second-order valence-corrected chi connectivity index (χ2v) is 1.33. The molecule has 0 aromatic heterocycles. The van der Waals surface area contributed by atoms with Crippen molar-refractivity contribution in [1.29, 1.82) is 0 Å². The van der Waals surface area contributed by atoms with E-state index in [1.807, 2.05) is 0 Å². The molecule has 0 unspecified atom stereocenters. The van der Waals surface area contributed by atoms with Crippen LogP contribution in [0.2, 0.25) is 0 Å². The first kappa shape index (κ1) is 5.21. The Kier molecular flexibility index (Phi) is 1.24. The van der Waals surface area contributed by atoms with E-state index in [1.54, 1.807) is 0 Å². The summed E-state index contributed by atoms with van der Waals surface area (Å²) in [5, 5.41) is -0.0208. The number of hydrogen-bond donors (Lipinski definition) is 0. The minimum Gasteiger partial charge on any atom is -0.262 e. The van der Waals surface area contributed by atoms with Gasteiger partial charge in [-0.3, -0.25) is 4.99 Å². The topological polar surface area (TPSA) is 15.6 Å². The molecular weight excluding hydrogens is 114 g/mol. The Morgan fingerprint density at radius 2 is 2.50 bits per heavy atom. The molecule has 0 N–H and O–H groups in total. The molecule has 1 aliphatic rings. The van der Waals surface area contributed by atoms with Crippen LogP contribution in [0.5, 0.6) is 0 Å². The fraction of sp³-hybridized carbons (Fsp3) is 0.250. The number of aliphatic imine (C=N–C) groups is 1. The van der Waals surface area contributed by atoms with Crippen molar-refractivity contribution in [2.45, 2.75) is 0 Å². The van der Waals surface area contributed by atoms with Gasteiger partial charge in [-0.25, -0.2) is 0 Å². The summed E-state index contributed by atoms with van der Waals surface area (Å²) in [7, 11) is 0. The van der Waals surface area contributed by atoms with Crippen molar-refractivity contribution < 1.29 is 8.87 Å². The first-order valence-electron chi connectivity index (χ1n) is 2.11. The first-order valence-corrected chi connectivity index (χ1v) is 2.11. The third-order valence-electron chi connectivity index (χ3n) is 0.760. The van der Waals surface area contributed by atoms with Crippen molar-refractivity contribution in [2.75, 3.05) is 6.54 Å². The summed E-state index contributed by atoms with van der Waals surface area (Å²) in [6, 6.07) is 0. The summed E-state index contributed by atoms with van der Waals surface area (Å²) in [4.78, 5) is 3.36. The fourth-order valence-electron chi connectivity index (χ4n) is 0.383. The highest BCUT2D eigenvalue weighted by Crippen LogP contribution is 2.07. The van der Waals surface area contributed by atoms with Gasteiger partial charge < -0.3 is 0 Å².